The standard InChI is InChI=1S/C11H12ClF4NO/c1-7(5-17-6-11(14,15)16)18-10-4-8(13)2-3-9(10)12/h2-4,7,17H,5-6H2,1H3. The molecule has 0 saturated heterocycles. The third-order valence-electron chi connectivity index (χ3n) is 1.98. The van der Waals surface area contributed by atoms with Gasteiger partial charge in [0.15, 0.2) is 0 Å². The van der Waals surface area contributed by atoms with Gasteiger partial charge in [-0.1, -0.05) is 11.6 Å². The number of hydrogen-bond acceptors (Lipinski definition) is 2. The van der Waals surface area contributed by atoms with Gasteiger partial charge in [0.2, 0.25) is 0 Å². The monoisotopic (exact) mass is 285 g/mol. The van der Waals surface area contributed by atoms with E-state index >= 15 is 0 Å². The Balaban J connectivity index is 2.44. The van der Waals surface area contributed by atoms with Crippen LogP contribution < -0.4 is 10.1 Å². The fourth-order valence-electron chi connectivity index (χ4n) is 1.24. The maximum absolute atomic E-state index is 12.9. The summed E-state index contributed by atoms with van der Waals surface area (Å²) in [5, 5.41) is 2.40. The summed E-state index contributed by atoms with van der Waals surface area (Å²) >= 11 is 5.75. The number of rotatable bonds is 5. The van der Waals surface area contributed by atoms with Crippen molar-refractivity contribution in [2.75, 3.05) is 13.1 Å². The summed E-state index contributed by atoms with van der Waals surface area (Å²) in [7, 11) is 0. The van der Waals surface area contributed by atoms with Gasteiger partial charge in [-0.2, -0.15) is 13.2 Å². The normalized spacial score (nSPS) is 13.4. The van der Waals surface area contributed by atoms with E-state index < -0.39 is 24.6 Å². The zero-order valence-electron chi connectivity index (χ0n) is 9.52. The van der Waals surface area contributed by atoms with Crippen molar-refractivity contribution in [2.24, 2.45) is 0 Å². The molecule has 7 heteroatoms. The molecule has 1 unspecified atom stereocenters. The molecule has 1 atom stereocenters. The smallest absolute Gasteiger partial charge is 0.401 e. The van der Waals surface area contributed by atoms with Crippen molar-refractivity contribution in [1.29, 1.82) is 0 Å². The van der Waals surface area contributed by atoms with Crippen LogP contribution in [0.2, 0.25) is 5.02 Å². The molecule has 18 heavy (non-hydrogen) atoms. The van der Waals surface area contributed by atoms with Crippen molar-refractivity contribution < 1.29 is 22.3 Å². The molecule has 0 saturated carbocycles. The predicted molar refractivity (Wildman–Crippen MR) is 60.4 cm³/mol. The largest absolute Gasteiger partial charge is 0.488 e. The van der Waals surface area contributed by atoms with E-state index in [2.05, 4.69) is 5.32 Å². The first-order chi connectivity index (χ1) is 8.28. The lowest BCUT2D eigenvalue weighted by molar-refractivity contribution is -0.125. The van der Waals surface area contributed by atoms with Crippen molar-refractivity contribution in [3.8, 4) is 5.75 Å². The highest BCUT2D eigenvalue weighted by atomic mass is 35.5. The molecule has 0 amide bonds. The van der Waals surface area contributed by atoms with E-state index in [1.54, 1.807) is 6.92 Å². The number of ether oxygens (including phenoxy) is 1. The van der Waals surface area contributed by atoms with Crippen LogP contribution in [-0.4, -0.2) is 25.4 Å². The van der Waals surface area contributed by atoms with E-state index in [4.69, 9.17) is 16.3 Å². The molecule has 1 aromatic rings. The highest BCUT2D eigenvalue weighted by Crippen LogP contribution is 2.25. The third kappa shape index (κ3) is 5.55. The minimum atomic E-state index is -4.27. The van der Waals surface area contributed by atoms with E-state index in [1.807, 2.05) is 0 Å². The van der Waals surface area contributed by atoms with Crippen molar-refractivity contribution >= 4 is 11.6 Å². The van der Waals surface area contributed by atoms with Gasteiger partial charge in [0.05, 0.1) is 11.6 Å². The number of hydrogen-bond donors (Lipinski definition) is 1. The zero-order valence-corrected chi connectivity index (χ0v) is 10.3. The first-order valence-electron chi connectivity index (χ1n) is 5.17. The van der Waals surface area contributed by atoms with Crippen LogP contribution in [0.3, 0.4) is 0 Å². The summed E-state index contributed by atoms with van der Waals surface area (Å²) in [6.45, 7) is 0.439. The maximum atomic E-state index is 12.9. The van der Waals surface area contributed by atoms with Gasteiger partial charge in [0.1, 0.15) is 17.7 Å². The summed E-state index contributed by atoms with van der Waals surface area (Å²) in [4.78, 5) is 0. The molecule has 1 rings (SSSR count). The Morgan fingerprint density at radius 2 is 2.06 bits per heavy atom. The van der Waals surface area contributed by atoms with Crippen LogP contribution in [0, 0.1) is 5.82 Å². The summed E-state index contributed by atoms with van der Waals surface area (Å²) < 4.78 is 53.8. The topological polar surface area (TPSA) is 21.3 Å². The van der Waals surface area contributed by atoms with Crippen LogP contribution in [0.5, 0.6) is 5.75 Å². The lowest BCUT2D eigenvalue weighted by atomic mass is 10.3. The van der Waals surface area contributed by atoms with Gasteiger partial charge in [-0.25, -0.2) is 4.39 Å². The Kier molecular flexibility index (Phi) is 5.22. The van der Waals surface area contributed by atoms with Crippen LogP contribution in [0.15, 0.2) is 18.2 Å². The molecule has 0 bridgehead atoms. The lowest BCUT2D eigenvalue weighted by Crippen LogP contribution is -2.35. The van der Waals surface area contributed by atoms with Crippen LogP contribution >= 0.6 is 11.6 Å². The fourth-order valence-corrected chi connectivity index (χ4v) is 1.41. The van der Waals surface area contributed by atoms with Gasteiger partial charge in [0, 0.05) is 12.6 Å². The first-order valence-corrected chi connectivity index (χ1v) is 5.55. The fraction of sp³-hybridized carbons (Fsp3) is 0.455. The molecule has 0 aromatic heterocycles. The molecular weight excluding hydrogens is 274 g/mol. The Bertz CT molecular complexity index is 397. The van der Waals surface area contributed by atoms with Crippen LogP contribution in [-0.2, 0) is 0 Å². The minimum absolute atomic E-state index is 0.0215. The molecule has 0 radical (unpaired) electrons. The van der Waals surface area contributed by atoms with Gasteiger partial charge >= 0.3 is 6.18 Å². The second kappa shape index (κ2) is 6.24. The molecular formula is C11H12ClF4NO. The summed E-state index contributed by atoms with van der Waals surface area (Å²) in [6, 6.07) is 3.58. The van der Waals surface area contributed by atoms with E-state index in [0.29, 0.717) is 0 Å². The molecule has 0 aliphatic carbocycles. The van der Waals surface area contributed by atoms with Crippen molar-refractivity contribution in [1.82, 2.24) is 5.32 Å². The summed E-state index contributed by atoms with van der Waals surface area (Å²) in [5.74, 6) is -0.414. The lowest BCUT2D eigenvalue weighted by Gasteiger charge is -2.17. The maximum Gasteiger partial charge on any atom is 0.401 e. The second-order valence-electron chi connectivity index (χ2n) is 3.75. The number of alkyl halides is 3. The molecule has 0 fully saturated rings. The minimum Gasteiger partial charge on any atom is -0.488 e. The predicted octanol–water partition coefficient (Wildman–Crippen LogP) is 3.40. The van der Waals surface area contributed by atoms with Gasteiger partial charge in [-0.15, -0.1) is 0 Å². The number of benzene rings is 1. The number of halogens is 5. The van der Waals surface area contributed by atoms with Gasteiger partial charge < -0.3 is 10.1 Å². The van der Waals surface area contributed by atoms with Gasteiger partial charge in [0.25, 0.3) is 0 Å². The molecule has 1 N–H and O–H groups in total. The second-order valence-corrected chi connectivity index (χ2v) is 4.16. The van der Waals surface area contributed by atoms with E-state index in [1.165, 1.54) is 12.1 Å². The molecule has 1 aromatic carbocycles. The van der Waals surface area contributed by atoms with Crippen LogP contribution in [0.25, 0.3) is 0 Å². The van der Waals surface area contributed by atoms with E-state index in [9.17, 15) is 17.6 Å². The Labute approximate surface area is 107 Å². The van der Waals surface area contributed by atoms with Gasteiger partial charge in [-0.3, -0.25) is 0 Å². The summed E-state index contributed by atoms with van der Waals surface area (Å²) in [6.07, 6.45) is -4.83. The SMILES string of the molecule is CC(CNCC(F)(F)F)Oc1cc(F)ccc1Cl. The van der Waals surface area contributed by atoms with E-state index in [-0.39, 0.29) is 17.3 Å². The molecule has 0 aliphatic rings. The van der Waals surface area contributed by atoms with E-state index in [0.717, 1.165) is 6.07 Å². The van der Waals surface area contributed by atoms with Crippen molar-refractivity contribution in [3.63, 3.8) is 0 Å². The van der Waals surface area contributed by atoms with Crippen LogP contribution in [0.1, 0.15) is 6.92 Å². The highest BCUT2D eigenvalue weighted by Gasteiger charge is 2.26. The average molecular weight is 286 g/mol. The Morgan fingerprint density at radius 1 is 1.39 bits per heavy atom. The average Bonchev–Trinajstić information content (AvgIpc) is 2.21. The molecule has 0 heterocycles. The van der Waals surface area contributed by atoms with Gasteiger partial charge in [-0.05, 0) is 19.1 Å². The molecule has 0 aliphatic heterocycles. The first kappa shape index (κ1) is 15.0. The summed E-state index contributed by atoms with van der Waals surface area (Å²) in [5.41, 5.74) is 0. The van der Waals surface area contributed by atoms with Crippen molar-refractivity contribution in [2.45, 2.75) is 19.2 Å². The highest BCUT2D eigenvalue weighted by molar-refractivity contribution is 6.32. The Hall–Kier alpha value is -1.01. The third-order valence-corrected chi connectivity index (χ3v) is 2.29. The van der Waals surface area contributed by atoms with Crippen LogP contribution in [0.4, 0.5) is 17.6 Å². The molecule has 102 valence electrons. The van der Waals surface area contributed by atoms with Crippen molar-refractivity contribution in [3.05, 3.63) is 29.0 Å². The number of nitrogens with one attached hydrogen (secondary N) is 1. The molecule has 0 spiro atoms. The quantitative estimate of drug-likeness (QED) is 0.837. The molecule has 2 nitrogen and oxygen atoms in total. The Morgan fingerprint density at radius 3 is 2.67 bits per heavy atom. The zero-order chi connectivity index (χ0) is 13.8.